The second-order valence-corrected chi connectivity index (χ2v) is 6.66. The molecule has 1 unspecified atom stereocenters. The number of nitrogens with one attached hydrogen (secondary N) is 1. The van der Waals surface area contributed by atoms with Crippen molar-refractivity contribution in [2.75, 3.05) is 26.2 Å². The van der Waals surface area contributed by atoms with Gasteiger partial charge in [-0.05, 0) is 37.0 Å². The molecule has 2 nitrogen and oxygen atoms in total. The van der Waals surface area contributed by atoms with Gasteiger partial charge in [0.05, 0.1) is 0 Å². The van der Waals surface area contributed by atoms with Crippen LogP contribution in [0, 0.1) is 5.41 Å². The lowest BCUT2D eigenvalue weighted by atomic mass is 9.92. The molecule has 1 aromatic rings. The largest absolute Gasteiger partial charge is 0.315 e. The first-order chi connectivity index (χ1) is 9.48. The van der Waals surface area contributed by atoms with Crippen LogP contribution < -0.4 is 5.32 Å². The predicted molar refractivity (Wildman–Crippen MR) is 89.0 cm³/mol. The maximum absolute atomic E-state index is 3.65. The maximum Gasteiger partial charge on any atom is 0.0472 e. The Morgan fingerprint density at radius 2 is 1.65 bits per heavy atom. The third-order valence-corrected chi connectivity index (χ3v) is 3.83. The van der Waals surface area contributed by atoms with Gasteiger partial charge >= 0.3 is 0 Å². The van der Waals surface area contributed by atoms with E-state index in [1.165, 1.54) is 12.0 Å². The van der Waals surface area contributed by atoms with Crippen LogP contribution >= 0.6 is 0 Å². The Balaban J connectivity index is 2.60. The minimum atomic E-state index is 0.407. The zero-order valence-electron chi connectivity index (χ0n) is 13.9. The van der Waals surface area contributed by atoms with E-state index >= 15 is 0 Å². The van der Waals surface area contributed by atoms with Crippen LogP contribution in [0.15, 0.2) is 30.3 Å². The lowest BCUT2D eigenvalue weighted by Gasteiger charge is -2.31. The minimum Gasteiger partial charge on any atom is -0.315 e. The van der Waals surface area contributed by atoms with E-state index in [-0.39, 0.29) is 0 Å². The second kappa shape index (κ2) is 8.43. The molecule has 0 aliphatic rings. The third kappa shape index (κ3) is 6.06. The van der Waals surface area contributed by atoms with Crippen molar-refractivity contribution in [1.82, 2.24) is 10.2 Å². The van der Waals surface area contributed by atoms with Crippen molar-refractivity contribution < 1.29 is 0 Å². The fourth-order valence-corrected chi connectivity index (χ4v) is 2.50. The summed E-state index contributed by atoms with van der Waals surface area (Å²) in [6.07, 6.45) is 1.22. The fraction of sp³-hybridized carbons (Fsp3) is 0.667. The van der Waals surface area contributed by atoms with Crippen molar-refractivity contribution in [3.63, 3.8) is 0 Å². The van der Waals surface area contributed by atoms with E-state index in [0.717, 1.165) is 26.2 Å². The molecule has 2 heteroatoms. The van der Waals surface area contributed by atoms with Gasteiger partial charge in [-0.15, -0.1) is 0 Å². The van der Waals surface area contributed by atoms with Crippen LogP contribution in [0.1, 0.15) is 52.6 Å². The van der Waals surface area contributed by atoms with Crippen molar-refractivity contribution in [2.45, 2.75) is 47.1 Å². The molecule has 0 aromatic heterocycles. The summed E-state index contributed by atoms with van der Waals surface area (Å²) < 4.78 is 0. The minimum absolute atomic E-state index is 0.407. The van der Waals surface area contributed by atoms with Gasteiger partial charge in [0.15, 0.2) is 0 Å². The fourth-order valence-electron chi connectivity index (χ4n) is 2.50. The molecule has 0 radical (unpaired) electrons. The number of rotatable bonds is 8. The van der Waals surface area contributed by atoms with Crippen LogP contribution in [-0.2, 0) is 0 Å². The highest BCUT2D eigenvalue weighted by Gasteiger charge is 2.17. The molecule has 20 heavy (non-hydrogen) atoms. The van der Waals surface area contributed by atoms with Gasteiger partial charge < -0.3 is 5.32 Å². The highest BCUT2D eigenvalue weighted by Crippen LogP contribution is 2.20. The van der Waals surface area contributed by atoms with E-state index < -0.39 is 0 Å². The summed E-state index contributed by atoms with van der Waals surface area (Å²) in [6, 6.07) is 11.3. The average molecular weight is 276 g/mol. The number of nitrogens with zero attached hydrogens (tertiary/aromatic N) is 1. The summed E-state index contributed by atoms with van der Waals surface area (Å²) in [5, 5.41) is 3.65. The molecular formula is C18H32N2. The average Bonchev–Trinajstić information content (AvgIpc) is 2.42. The van der Waals surface area contributed by atoms with Gasteiger partial charge in [0.1, 0.15) is 0 Å². The van der Waals surface area contributed by atoms with Gasteiger partial charge in [-0.1, -0.05) is 65.0 Å². The standard InChI is InChI=1S/C18H32N2/c1-6-20(7-2)17(16-11-9-8-10-12-16)15-19-14-13-18(3,4)5/h8-12,17,19H,6-7,13-15H2,1-5H3. The van der Waals surface area contributed by atoms with Crippen molar-refractivity contribution in [3.8, 4) is 0 Å². The van der Waals surface area contributed by atoms with Gasteiger partial charge in [0.2, 0.25) is 0 Å². The van der Waals surface area contributed by atoms with Gasteiger partial charge in [-0.2, -0.15) is 0 Å². The van der Waals surface area contributed by atoms with Crippen LogP contribution in [0.25, 0.3) is 0 Å². The van der Waals surface area contributed by atoms with E-state index in [0.29, 0.717) is 11.5 Å². The Morgan fingerprint density at radius 1 is 1.05 bits per heavy atom. The van der Waals surface area contributed by atoms with Crippen LogP contribution in [0.3, 0.4) is 0 Å². The molecule has 1 N–H and O–H groups in total. The van der Waals surface area contributed by atoms with Gasteiger partial charge in [-0.3, -0.25) is 4.90 Å². The first kappa shape index (κ1) is 17.2. The van der Waals surface area contributed by atoms with Crippen molar-refractivity contribution >= 4 is 0 Å². The molecule has 0 fully saturated rings. The Kier molecular flexibility index (Phi) is 7.25. The molecule has 0 bridgehead atoms. The summed E-state index contributed by atoms with van der Waals surface area (Å²) in [5.74, 6) is 0. The highest BCUT2D eigenvalue weighted by molar-refractivity contribution is 5.19. The SMILES string of the molecule is CCN(CC)C(CNCCC(C)(C)C)c1ccccc1. The predicted octanol–water partition coefficient (Wildman–Crippen LogP) is 4.10. The Hall–Kier alpha value is -0.860. The van der Waals surface area contributed by atoms with Crippen molar-refractivity contribution in [1.29, 1.82) is 0 Å². The lowest BCUT2D eigenvalue weighted by molar-refractivity contribution is 0.211. The topological polar surface area (TPSA) is 15.3 Å². The molecule has 1 rings (SSSR count). The Labute approximate surface area is 125 Å². The Morgan fingerprint density at radius 3 is 2.15 bits per heavy atom. The molecule has 1 atom stereocenters. The van der Waals surface area contributed by atoms with E-state index in [4.69, 9.17) is 0 Å². The molecule has 0 saturated carbocycles. The van der Waals surface area contributed by atoms with E-state index in [1.54, 1.807) is 0 Å². The van der Waals surface area contributed by atoms with Crippen molar-refractivity contribution in [3.05, 3.63) is 35.9 Å². The maximum atomic E-state index is 3.65. The molecule has 0 saturated heterocycles. The third-order valence-electron chi connectivity index (χ3n) is 3.83. The highest BCUT2D eigenvalue weighted by atomic mass is 15.2. The molecule has 1 aromatic carbocycles. The quantitative estimate of drug-likeness (QED) is 0.719. The summed E-state index contributed by atoms with van der Waals surface area (Å²) in [4.78, 5) is 2.53. The first-order valence-electron chi connectivity index (χ1n) is 7.97. The monoisotopic (exact) mass is 276 g/mol. The van der Waals surface area contributed by atoms with Gasteiger partial charge in [0, 0.05) is 12.6 Å². The van der Waals surface area contributed by atoms with Crippen LogP contribution in [-0.4, -0.2) is 31.1 Å². The van der Waals surface area contributed by atoms with E-state index in [1.807, 2.05) is 0 Å². The van der Waals surface area contributed by atoms with Gasteiger partial charge in [0.25, 0.3) is 0 Å². The molecule has 0 amide bonds. The van der Waals surface area contributed by atoms with Crippen molar-refractivity contribution in [2.24, 2.45) is 5.41 Å². The summed E-state index contributed by atoms with van der Waals surface area (Å²) in [5.41, 5.74) is 1.82. The van der Waals surface area contributed by atoms with E-state index in [9.17, 15) is 0 Å². The van der Waals surface area contributed by atoms with Crippen LogP contribution in [0.2, 0.25) is 0 Å². The number of hydrogen-bond donors (Lipinski definition) is 1. The molecule has 0 spiro atoms. The summed E-state index contributed by atoms with van der Waals surface area (Å²) in [6.45, 7) is 15.7. The summed E-state index contributed by atoms with van der Waals surface area (Å²) >= 11 is 0. The normalized spacial score (nSPS) is 13.7. The second-order valence-electron chi connectivity index (χ2n) is 6.66. The Bertz CT molecular complexity index is 349. The number of hydrogen-bond acceptors (Lipinski definition) is 2. The smallest absolute Gasteiger partial charge is 0.0472 e. The van der Waals surface area contributed by atoms with E-state index in [2.05, 4.69) is 75.2 Å². The molecule has 0 heterocycles. The zero-order chi connectivity index (χ0) is 15.0. The lowest BCUT2D eigenvalue weighted by Crippen LogP contribution is -2.36. The zero-order valence-corrected chi connectivity index (χ0v) is 13.9. The van der Waals surface area contributed by atoms with Crippen LogP contribution in [0.4, 0.5) is 0 Å². The van der Waals surface area contributed by atoms with Gasteiger partial charge in [-0.25, -0.2) is 0 Å². The number of benzene rings is 1. The number of likely N-dealkylation sites (N-methyl/N-ethyl adjacent to an activating group) is 1. The first-order valence-corrected chi connectivity index (χ1v) is 7.97. The molecule has 0 aliphatic carbocycles. The molecule has 114 valence electrons. The van der Waals surface area contributed by atoms with Crippen LogP contribution in [0.5, 0.6) is 0 Å². The molecule has 0 aliphatic heterocycles. The summed E-state index contributed by atoms with van der Waals surface area (Å²) in [7, 11) is 0. The molecular weight excluding hydrogens is 244 g/mol.